The fourth-order valence-corrected chi connectivity index (χ4v) is 2.17. The SMILES string of the molecule is CCc1nc(Cl)c(C)c(Oc2cnc3ccccc3c2)n1. The van der Waals surface area contributed by atoms with Crippen LogP contribution in [0.25, 0.3) is 10.9 Å². The molecule has 106 valence electrons. The molecule has 0 aliphatic heterocycles. The Kier molecular flexibility index (Phi) is 3.71. The number of benzene rings is 1. The summed E-state index contributed by atoms with van der Waals surface area (Å²) < 4.78 is 5.84. The molecule has 0 saturated heterocycles. The smallest absolute Gasteiger partial charge is 0.227 e. The maximum absolute atomic E-state index is 6.11. The van der Waals surface area contributed by atoms with E-state index in [9.17, 15) is 0 Å². The molecule has 0 radical (unpaired) electrons. The van der Waals surface area contributed by atoms with E-state index in [2.05, 4.69) is 15.0 Å². The first-order valence-electron chi connectivity index (χ1n) is 6.73. The van der Waals surface area contributed by atoms with Crippen molar-refractivity contribution in [2.45, 2.75) is 20.3 Å². The van der Waals surface area contributed by atoms with Crippen LogP contribution in [0, 0.1) is 6.92 Å². The summed E-state index contributed by atoms with van der Waals surface area (Å²) in [6.45, 7) is 3.81. The van der Waals surface area contributed by atoms with Crippen molar-refractivity contribution in [3.8, 4) is 11.6 Å². The monoisotopic (exact) mass is 299 g/mol. The third kappa shape index (κ3) is 2.81. The van der Waals surface area contributed by atoms with Gasteiger partial charge in [0.2, 0.25) is 5.88 Å². The Bertz CT molecular complexity index is 805. The number of aryl methyl sites for hydroxylation is 1. The van der Waals surface area contributed by atoms with Crippen LogP contribution >= 0.6 is 11.6 Å². The van der Waals surface area contributed by atoms with E-state index in [-0.39, 0.29) is 0 Å². The molecule has 0 aliphatic carbocycles. The van der Waals surface area contributed by atoms with Gasteiger partial charge in [-0.3, -0.25) is 4.98 Å². The maximum atomic E-state index is 6.11. The zero-order chi connectivity index (χ0) is 14.8. The van der Waals surface area contributed by atoms with E-state index in [1.807, 2.05) is 44.2 Å². The highest BCUT2D eigenvalue weighted by Gasteiger charge is 2.11. The Labute approximate surface area is 127 Å². The summed E-state index contributed by atoms with van der Waals surface area (Å²) in [7, 11) is 0. The topological polar surface area (TPSA) is 47.9 Å². The van der Waals surface area contributed by atoms with Crippen molar-refractivity contribution >= 4 is 22.5 Å². The van der Waals surface area contributed by atoms with Crippen LogP contribution in [0.1, 0.15) is 18.3 Å². The molecule has 1 aromatic carbocycles. The molecule has 0 amide bonds. The standard InChI is InChI=1S/C16H14ClN3O/c1-3-14-19-15(17)10(2)16(20-14)21-12-8-11-6-4-5-7-13(11)18-9-12/h4-9H,3H2,1-2H3. The van der Waals surface area contributed by atoms with Gasteiger partial charge in [-0.15, -0.1) is 0 Å². The van der Waals surface area contributed by atoms with E-state index in [0.29, 0.717) is 29.0 Å². The van der Waals surface area contributed by atoms with Crippen molar-refractivity contribution < 1.29 is 4.74 Å². The van der Waals surface area contributed by atoms with Gasteiger partial charge < -0.3 is 4.74 Å². The molecular weight excluding hydrogens is 286 g/mol. The maximum Gasteiger partial charge on any atom is 0.227 e. The highest BCUT2D eigenvalue weighted by Crippen LogP contribution is 2.28. The Morgan fingerprint density at radius 1 is 1.19 bits per heavy atom. The zero-order valence-electron chi connectivity index (χ0n) is 11.8. The molecule has 0 saturated carbocycles. The summed E-state index contributed by atoms with van der Waals surface area (Å²) in [6.07, 6.45) is 2.38. The van der Waals surface area contributed by atoms with Crippen molar-refractivity contribution in [1.82, 2.24) is 15.0 Å². The number of aromatic nitrogens is 3. The van der Waals surface area contributed by atoms with Gasteiger partial charge in [0.1, 0.15) is 16.7 Å². The molecule has 0 unspecified atom stereocenters. The second-order valence-corrected chi connectivity index (χ2v) is 5.04. The molecule has 21 heavy (non-hydrogen) atoms. The number of hydrogen-bond donors (Lipinski definition) is 0. The van der Waals surface area contributed by atoms with E-state index in [1.165, 1.54) is 0 Å². The van der Waals surface area contributed by atoms with Gasteiger partial charge in [0, 0.05) is 17.4 Å². The van der Waals surface area contributed by atoms with Gasteiger partial charge in [-0.05, 0) is 19.1 Å². The molecule has 4 nitrogen and oxygen atoms in total. The second-order valence-electron chi connectivity index (χ2n) is 4.68. The third-order valence-electron chi connectivity index (χ3n) is 3.18. The number of pyridine rings is 1. The van der Waals surface area contributed by atoms with Gasteiger partial charge in [-0.1, -0.05) is 36.7 Å². The number of rotatable bonds is 3. The van der Waals surface area contributed by atoms with Crippen molar-refractivity contribution in [2.75, 3.05) is 0 Å². The van der Waals surface area contributed by atoms with Crippen molar-refractivity contribution in [2.24, 2.45) is 0 Å². The molecule has 0 atom stereocenters. The Balaban J connectivity index is 2.00. The van der Waals surface area contributed by atoms with E-state index >= 15 is 0 Å². The normalized spacial score (nSPS) is 10.8. The van der Waals surface area contributed by atoms with Gasteiger partial charge in [0.15, 0.2) is 0 Å². The highest BCUT2D eigenvalue weighted by atomic mass is 35.5. The van der Waals surface area contributed by atoms with Crippen LogP contribution in [0.4, 0.5) is 0 Å². The van der Waals surface area contributed by atoms with Crippen LogP contribution in [0.3, 0.4) is 0 Å². The lowest BCUT2D eigenvalue weighted by molar-refractivity contribution is 0.453. The summed E-state index contributed by atoms with van der Waals surface area (Å²) >= 11 is 6.11. The number of para-hydroxylation sites is 1. The number of fused-ring (bicyclic) bond motifs is 1. The lowest BCUT2D eigenvalue weighted by Gasteiger charge is -2.10. The largest absolute Gasteiger partial charge is 0.437 e. The molecule has 5 heteroatoms. The molecule has 3 aromatic rings. The minimum absolute atomic E-state index is 0.422. The van der Waals surface area contributed by atoms with Crippen LogP contribution in [-0.4, -0.2) is 15.0 Å². The molecule has 3 rings (SSSR count). The van der Waals surface area contributed by atoms with Crippen LogP contribution in [0.15, 0.2) is 36.5 Å². The minimum atomic E-state index is 0.422. The van der Waals surface area contributed by atoms with Gasteiger partial charge in [-0.2, -0.15) is 4.98 Å². The van der Waals surface area contributed by atoms with Crippen LogP contribution in [-0.2, 0) is 6.42 Å². The third-order valence-corrected chi connectivity index (χ3v) is 3.55. The Morgan fingerprint density at radius 3 is 2.81 bits per heavy atom. The first kappa shape index (κ1) is 13.8. The van der Waals surface area contributed by atoms with Crippen molar-refractivity contribution in [3.05, 3.63) is 53.1 Å². The van der Waals surface area contributed by atoms with Gasteiger partial charge in [0.25, 0.3) is 0 Å². The summed E-state index contributed by atoms with van der Waals surface area (Å²) in [5.74, 6) is 1.77. The molecule has 0 fully saturated rings. The summed E-state index contributed by atoms with van der Waals surface area (Å²) in [5, 5.41) is 1.44. The molecular formula is C16H14ClN3O. The molecule has 2 heterocycles. The Hall–Kier alpha value is -2.20. The second kappa shape index (κ2) is 5.66. The Morgan fingerprint density at radius 2 is 2.00 bits per heavy atom. The van der Waals surface area contributed by atoms with Crippen LogP contribution in [0.2, 0.25) is 5.15 Å². The lowest BCUT2D eigenvalue weighted by Crippen LogP contribution is -2.00. The molecule has 2 aromatic heterocycles. The van der Waals surface area contributed by atoms with E-state index in [4.69, 9.17) is 16.3 Å². The predicted molar refractivity (Wildman–Crippen MR) is 83.0 cm³/mol. The average Bonchev–Trinajstić information content (AvgIpc) is 2.51. The van der Waals surface area contributed by atoms with E-state index in [1.54, 1.807) is 6.20 Å². The number of hydrogen-bond acceptors (Lipinski definition) is 4. The number of halogens is 1. The predicted octanol–water partition coefficient (Wildman–Crippen LogP) is 4.34. The zero-order valence-corrected chi connectivity index (χ0v) is 12.6. The summed E-state index contributed by atoms with van der Waals surface area (Å²) in [5.41, 5.74) is 1.65. The van der Waals surface area contributed by atoms with Crippen molar-refractivity contribution in [1.29, 1.82) is 0 Å². The van der Waals surface area contributed by atoms with Crippen LogP contribution in [0.5, 0.6) is 11.6 Å². The quantitative estimate of drug-likeness (QED) is 0.675. The fourth-order valence-electron chi connectivity index (χ4n) is 1.99. The van der Waals surface area contributed by atoms with E-state index < -0.39 is 0 Å². The summed E-state index contributed by atoms with van der Waals surface area (Å²) in [4.78, 5) is 13.0. The van der Waals surface area contributed by atoms with Crippen LogP contribution < -0.4 is 4.74 Å². The van der Waals surface area contributed by atoms with Gasteiger partial charge >= 0.3 is 0 Å². The van der Waals surface area contributed by atoms with Crippen molar-refractivity contribution in [3.63, 3.8) is 0 Å². The van der Waals surface area contributed by atoms with E-state index in [0.717, 1.165) is 16.5 Å². The van der Waals surface area contributed by atoms with Gasteiger partial charge in [-0.25, -0.2) is 4.98 Å². The first-order chi connectivity index (χ1) is 10.2. The minimum Gasteiger partial charge on any atom is -0.437 e. The first-order valence-corrected chi connectivity index (χ1v) is 7.11. The average molecular weight is 300 g/mol. The highest BCUT2D eigenvalue weighted by molar-refractivity contribution is 6.30. The fraction of sp³-hybridized carbons (Fsp3) is 0.188. The summed E-state index contributed by atoms with van der Waals surface area (Å²) in [6, 6.07) is 9.81. The molecule has 0 spiro atoms. The molecule has 0 N–H and O–H groups in total. The number of nitrogens with zero attached hydrogens (tertiary/aromatic N) is 3. The van der Waals surface area contributed by atoms with Gasteiger partial charge in [0.05, 0.1) is 11.7 Å². The molecule has 0 bridgehead atoms. The number of ether oxygens (including phenoxy) is 1. The molecule has 0 aliphatic rings. The lowest BCUT2D eigenvalue weighted by atomic mass is 10.2.